The van der Waals surface area contributed by atoms with E-state index in [1.54, 1.807) is 0 Å². The van der Waals surface area contributed by atoms with Crippen molar-refractivity contribution in [3.63, 3.8) is 0 Å². The number of H-pyrrole nitrogens is 1. The van der Waals surface area contributed by atoms with Crippen molar-refractivity contribution in [2.45, 2.75) is 10.9 Å². The molecule has 1 aromatic carbocycles. The summed E-state index contributed by atoms with van der Waals surface area (Å²) in [7, 11) is 1.52. The summed E-state index contributed by atoms with van der Waals surface area (Å²) >= 11 is 1.12. The predicted octanol–water partition coefficient (Wildman–Crippen LogP) is 0.598. The van der Waals surface area contributed by atoms with E-state index in [-0.39, 0.29) is 10.9 Å². The van der Waals surface area contributed by atoms with Gasteiger partial charge in [-0.1, -0.05) is 17.8 Å². The highest BCUT2D eigenvalue weighted by atomic mass is 32.2. The molecule has 2 rings (SSSR count). The van der Waals surface area contributed by atoms with Crippen molar-refractivity contribution in [3.8, 4) is 0 Å². The van der Waals surface area contributed by atoms with Crippen LogP contribution in [-0.4, -0.2) is 25.8 Å². The van der Waals surface area contributed by atoms with Crippen molar-refractivity contribution >= 4 is 17.7 Å². The molecule has 0 aliphatic heterocycles. The topological polar surface area (TPSA) is 105 Å². The van der Waals surface area contributed by atoms with Crippen molar-refractivity contribution in [1.29, 1.82) is 0 Å². The Balaban J connectivity index is 2.23. The Labute approximate surface area is 121 Å². The molecule has 0 aliphatic carbocycles. The number of hydrogen-bond donors (Lipinski definition) is 2. The molecule has 0 saturated carbocycles. The van der Waals surface area contributed by atoms with E-state index < -0.39 is 28.5 Å². The zero-order valence-corrected chi connectivity index (χ0v) is 11.6. The SMILES string of the molecule is Cn1[nH]c(=O)c(=O)nc1SCc1ccc(F)c(C(=O)O)c1. The zero-order chi connectivity index (χ0) is 15.6. The number of carboxylic acids is 1. The lowest BCUT2D eigenvalue weighted by atomic mass is 10.1. The predicted molar refractivity (Wildman–Crippen MR) is 73.0 cm³/mol. The third-order valence-corrected chi connectivity index (χ3v) is 3.68. The highest BCUT2D eigenvalue weighted by Gasteiger charge is 2.11. The van der Waals surface area contributed by atoms with Crippen LogP contribution >= 0.6 is 11.8 Å². The number of carbonyl (C=O) groups is 1. The molecular formula is C12H10FN3O4S. The van der Waals surface area contributed by atoms with Crippen LogP contribution in [0.5, 0.6) is 0 Å². The number of rotatable bonds is 4. The van der Waals surface area contributed by atoms with Gasteiger partial charge in [0.2, 0.25) is 0 Å². The molecule has 2 N–H and O–H groups in total. The van der Waals surface area contributed by atoms with Gasteiger partial charge in [-0.05, 0) is 17.7 Å². The average Bonchev–Trinajstić information content (AvgIpc) is 2.42. The van der Waals surface area contributed by atoms with Gasteiger partial charge in [-0.25, -0.2) is 9.18 Å². The van der Waals surface area contributed by atoms with E-state index in [9.17, 15) is 18.8 Å². The summed E-state index contributed by atoms with van der Waals surface area (Å²) in [6.07, 6.45) is 0. The van der Waals surface area contributed by atoms with Gasteiger partial charge in [0.05, 0.1) is 5.56 Å². The molecular weight excluding hydrogens is 301 g/mol. The Bertz CT molecular complexity index is 815. The minimum absolute atomic E-state index is 0.265. The number of hydrogen-bond acceptors (Lipinski definition) is 5. The molecule has 9 heteroatoms. The Morgan fingerprint density at radius 3 is 2.86 bits per heavy atom. The fourth-order valence-corrected chi connectivity index (χ4v) is 2.43. The highest BCUT2D eigenvalue weighted by Crippen LogP contribution is 2.20. The van der Waals surface area contributed by atoms with Crippen molar-refractivity contribution in [3.05, 3.63) is 55.9 Å². The van der Waals surface area contributed by atoms with Crippen LogP contribution in [0.4, 0.5) is 4.39 Å². The molecule has 1 aromatic heterocycles. The summed E-state index contributed by atoms with van der Waals surface area (Å²) in [5.41, 5.74) is -1.59. The molecule has 0 fully saturated rings. The largest absolute Gasteiger partial charge is 0.478 e. The molecule has 1 heterocycles. The molecule has 21 heavy (non-hydrogen) atoms. The maximum atomic E-state index is 13.3. The second-order valence-corrected chi connectivity index (χ2v) is 5.05. The lowest BCUT2D eigenvalue weighted by Crippen LogP contribution is -2.33. The smallest absolute Gasteiger partial charge is 0.339 e. The van der Waals surface area contributed by atoms with Crippen LogP contribution in [-0.2, 0) is 12.8 Å². The molecule has 0 atom stereocenters. The first-order chi connectivity index (χ1) is 9.88. The first kappa shape index (κ1) is 15.0. The van der Waals surface area contributed by atoms with Crippen LogP contribution in [0.1, 0.15) is 15.9 Å². The number of aryl methyl sites for hydroxylation is 1. The minimum Gasteiger partial charge on any atom is -0.478 e. The Hall–Kier alpha value is -2.42. The number of nitrogens with one attached hydrogen (secondary N) is 1. The molecule has 0 unspecified atom stereocenters. The molecule has 0 amide bonds. The van der Waals surface area contributed by atoms with Crippen LogP contribution in [0.15, 0.2) is 32.9 Å². The summed E-state index contributed by atoms with van der Waals surface area (Å²) in [6, 6.07) is 3.73. The van der Waals surface area contributed by atoms with Crippen molar-refractivity contribution in [1.82, 2.24) is 14.8 Å². The molecule has 0 radical (unpaired) electrons. The van der Waals surface area contributed by atoms with E-state index in [4.69, 9.17) is 5.11 Å². The number of halogens is 1. The number of carboxylic acid groups (broad SMARTS) is 1. The van der Waals surface area contributed by atoms with Crippen molar-refractivity contribution in [2.75, 3.05) is 0 Å². The van der Waals surface area contributed by atoms with Crippen LogP contribution in [0.3, 0.4) is 0 Å². The van der Waals surface area contributed by atoms with Gasteiger partial charge in [0.25, 0.3) is 0 Å². The average molecular weight is 311 g/mol. The van der Waals surface area contributed by atoms with Gasteiger partial charge in [0, 0.05) is 12.8 Å². The van der Waals surface area contributed by atoms with E-state index in [1.807, 2.05) is 0 Å². The minimum atomic E-state index is -1.35. The monoisotopic (exact) mass is 311 g/mol. The summed E-state index contributed by atoms with van der Waals surface area (Å²) in [5, 5.41) is 11.4. The van der Waals surface area contributed by atoms with Crippen LogP contribution in [0.25, 0.3) is 0 Å². The Morgan fingerprint density at radius 1 is 1.48 bits per heavy atom. The maximum Gasteiger partial charge on any atom is 0.339 e. The summed E-state index contributed by atoms with van der Waals surface area (Å²) in [4.78, 5) is 36.7. The van der Waals surface area contributed by atoms with E-state index in [0.29, 0.717) is 5.56 Å². The van der Waals surface area contributed by atoms with Crippen LogP contribution in [0, 0.1) is 5.82 Å². The normalized spacial score (nSPS) is 10.6. The van der Waals surface area contributed by atoms with Crippen LogP contribution < -0.4 is 11.1 Å². The molecule has 110 valence electrons. The zero-order valence-electron chi connectivity index (χ0n) is 10.8. The fourth-order valence-electron chi connectivity index (χ4n) is 1.56. The molecule has 0 bridgehead atoms. The van der Waals surface area contributed by atoms with E-state index in [1.165, 1.54) is 23.9 Å². The number of nitrogens with zero attached hydrogens (tertiary/aromatic N) is 2. The summed E-state index contributed by atoms with van der Waals surface area (Å²) in [5.74, 6) is -1.90. The first-order valence-corrected chi connectivity index (χ1v) is 6.69. The quantitative estimate of drug-likeness (QED) is 0.633. The molecule has 0 spiro atoms. The van der Waals surface area contributed by atoms with Crippen molar-refractivity contribution < 1.29 is 14.3 Å². The molecule has 2 aromatic rings. The maximum absolute atomic E-state index is 13.3. The summed E-state index contributed by atoms with van der Waals surface area (Å²) < 4.78 is 14.5. The third-order valence-electron chi connectivity index (χ3n) is 2.58. The molecule has 7 nitrogen and oxygen atoms in total. The van der Waals surface area contributed by atoms with Gasteiger partial charge in [0.1, 0.15) is 5.82 Å². The van der Waals surface area contributed by atoms with Crippen molar-refractivity contribution in [2.24, 2.45) is 7.05 Å². The van der Waals surface area contributed by atoms with E-state index >= 15 is 0 Å². The van der Waals surface area contributed by atoms with E-state index in [0.717, 1.165) is 17.8 Å². The lowest BCUT2D eigenvalue weighted by molar-refractivity contribution is 0.0692. The van der Waals surface area contributed by atoms with Gasteiger partial charge in [0.15, 0.2) is 5.16 Å². The number of aromatic carboxylic acids is 1. The van der Waals surface area contributed by atoms with Gasteiger partial charge in [-0.2, -0.15) is 4.98 Å². The van der Waals surface area contributed by atoms with Crippen LogP contribution in [0.2, 0.25) is 0 Å². The number of benzene rings is 1. The van der Waals surface area contributed by atoms with Gasteiger partial charge >= 0.3 is 17.1 Å². The molecule has 0 aliphatic rings. The van der Waals surface area contributed by atoms with E-state index in [2.05, 4.69) is 10.1 Å². The lowest BCUT2D eigenvalue weighted by Gasteiger charge is -2.06. The number of thioether (sulfide) groups is 1. The van der Waals surface area contributed by atoms with Gasteiger partial charge in [-0.15, -0.1) is 0 Å². The third kappa shape index (κ3) is 3.37. The Morgan fingerprint density at radius 2 is 2.19 bits per heavy atom. The first-order valence-electron chi connectivity index (χ1n) is 5.70. The second-order valence-electron chi connectivity index (χ2n) is 4.11. The summed E-state index contributed by atoms with van der Waals surface area (Å²) in [6.45, 7) is 0. The standard InChI is InChI=1S/C12H10FN3O4S/c1-16-12(14-9(17)10(18)15-16)21-5-6-2-3-8(13)7(4-6)11(19)20/h2-4H,5H2,1H3,(H,15,18)(H,19,20). The fraction of sp³-hybridized carbons (Fsp3) is 0.167. The number of aromatic nitrogens is 3. The highest BCUT2D eigenvalue weighted by molar-refractivity contribution is 7.98. The van der Waals surface area contributed by atoms with Gasteiger partial charge in [-0.3, -0.25) is 19.4 Å². The second kappa shape index (κ2) is 5.92. The van der Waals surface area contributed by atoms with Gasteiger partial charge < -0.3 is 5.11 Å². The Kier molecular flexibility index (Phi) is 4.22. The number of aromatic amines is 1. The molecule has 0 saturated heterocycles.